The molecule has 1 saturated heterocycles. The SMILES string of the molecule is C=C/C=C1/CC2C=CC=CC2N(C(C)(C)C)/C1=C/C=C. The van der Waals surface area contributed by atoms with Crippen LogP contribution >= 0.6 is 0 Å². The Hall–Kier alpha value is -1.76. The molecule has 0 radical (unpaired) electrons. The fourth-order valence-corrected chi connectivity index (χ4v) is 3.18. The van der Waals surface area contributed by atoms with Gasteiger partial charge in [0.05, 0.1) is 6.04 Å². The van der Waals surface area contributed by atoms with Gasteiger partial charge in [-0.2, -0.15) is 0 Å². The van der Waals surface area contributed by atoms with E-state index < -0.39 is 0 Å². The average Bonchev–Trinajstić information content (AvgIpc) is 2.38. The second kappa shape index (κ2) is 5.70. The van der Waals surface area contributed by atoms with Crippen LogP contribution in [0.4, 0.5) is 0 Å². The quantitative estimate of drug-likeness (QED) is 0.695. The maximum atomic E-state index is 3.88. The topological polar surface area (TPSA) is 3.24 Å². The summed E-state index contributed by atoms with van der Waals surface area (Å²) in [6, 6.07) is 0.424. The third-order valence-electron chi connectivity index (χ3n) is 3.88. The van der Waals surface area contributed by atoms with Crippen molar-refractivity contribution < 1.29 is 0 Å². The average molecular weight is 267 g/mol. The highest BCUT2D eigenvalue weighted by atomic mass is 15.2. The Morgan fingerprint density at radius 3 is 2.35 bits per heavy atom. The summed E-state index contributed by atoms with van der Waals surface area (Å²) >= 11 is 0. The van der Waals surface area contributed by atoms with Crippen LogP contribution in [0.5, 0.6) is 0 Å². The number of rotatable bonds is 2. The third kappa shape index (κ3) is 2.72. The molecular formula is C19H25N. The summed E-state index contributed by atoms with van der Waals surface area (Å²) in [5.74, 6) is 0.535. The first-order valence-corrected chi connectivity index (χ1v) is 7.28. The molecule has 0 spiro atoms. The van der Waals surface area contributed by atoms with Crippen molar-refractivity contribution in [2.75, 3.05) is 0 Å². The lowest BCUT2D eigenvalue weighted by Crippen LogP contribution is -2.52. The molecule has 0 aromatic heterocycles. The number of hydrogen-bond acceptors (Lipinski definition) is 1. The normalized spacial score (nSPS) is 29.6. The van der Waals surface area contributed by atoms with Gasteiger partial charge in [0.25, 0.3) is 0 Å². The van der Waals surface area contributed by atoms with Crippen molar-refractivity contribution in [3.8, 4) is 0 Å². The lowest BCUT2D eigenvalue weighted by Gasteiger charge is -2.51. The lowest BCUT2D eigenvalue weighted by molar-refractivity contribution is 0.112. The van der Waals surface area contributed by atoms with Gasteiger partial charge in [0.2, 0.25) is 0 Å². The van der Waals surface area contributed by atoms with Gasteiger partial charge in [0.1, 0.15) is 0 Å². The zero-order valence-electron chi connectivity index (χ0n) is 12.8. The van der Waals surface area contributed by atoms with Crippen molar-refractivity contribution in [3.05, 3.63) is 73.0 Å². The predicted octanol–water partition coefficient (Wildman–Crippen LogP) is 4.78. The molecule has 0 saturated carbocycles. The molecule has 0 bridgehead atoms. The van der Waals surface area contributed by atoms with Crippen LogP contribution in [-0.4, -0.2) is 16.5 Å². The summed E-state index contributed by atoms with van der Waals surface area (Å²) in [6.07, 6.45) is 18.1. The third-order valence-corrected chi connectivity index (χ3v) is 3.88. The summed E-state index contributed by atoms with van der Waals surface area (Å²) in [4.78, 5) is 2.51. The van der Waals surface area contributed by atoms with E-state index in [0.717, 1.165) is 6.42 Å². The minimum absolute atomic E-state index is 0.0635. The zero-order valence-corrected chi connectivity index (χ0v) is 12.8. The fraction of sp³-hybridized carbons (Fsp3) is 0.368. The highest BCUT2D eigenvalue weighted by molar-refractivity contribution is 5.42. The van der Waals surface area contributed by atoms with Gasteiger partial charge in [0.15, 0.2) is 0 Å². The molecular weight excluding hydrogens is 242 g/mol. The van der Waals surface area contributed by atoms with E-state index in [1.807, 2.05) is 12.2 Å². The molecule has 20 heavy (non-hydrogen) atoms. The van der Waals surface area contributed by atoms with Crippen molar-refractivity contribution >= 4 is 0 Å². The molecule has 1 heterocycles. The molecule has 1 heteroatoms. The number of likely N-dealkylation sites (tertiary alicyclic amines) is 1. The van der Waals surface area contributed by atoms with E-state index in [1.54, 1.807) is 0 Å². The van der Waals surface area contributed by atoms with E-state index in [4.69, 9.17) is 0 Å². The molecule has 106 valence electrons. The standard InChI is InChI=1S/C19H25N/c1-6-10-15-14-16-12-8-9-13-18(16)20(19(3,4)5)17(15)11-7-2/h6-13,16,18H,1-2,14H2,3-5H3/b15-10-,17-11+. The van der Waals surface area contributed by atoms with Crippen LogP contribution in [0.3, 0.4) is 0 Å². The van der Waals surface area contributed by atoms with Gasteiger partial charge in [0, 0.05) is 17.2 Å². The molecule has 2 aliphatic rings. The van der Waals surface area contributed by atoms with Crippen LogP contribution in [0.25, 0.3) is 0 Å². The summed E-state index contributed by atoms with van der Waals surface area (Å²) in [6.45, 7) is 14.5. The Labute approximate surface area is 123 Å². The second-order valence-electron chi connectivity index (χ2n) is 6.38. The molecule has 0 aromatic rings. The fourth-order valence-electron chi connectivity index (χ4n) is 3.18. The highest BCUT2D eigenvalue weighted by Crippen LogP contribution is 2.41. The van der Waals surface area contributed by atoms with Gasteiger partial charge in [-0.15, -0.1) is 0 Å². The van der Waals surface area contributed by atoms with Gasteiger partial charge >= 0.3 is 0 Å². The van der Waals surface area contributed by atoms with Crippen LogP contribution in [0.15, 0.2) is 73.0 Å². The Morgan fingerprint density at radius 2 is 1.75 bits per heavy atom. The van der Waals surface area contributed by atoms with Crippen molar-refractivity contribution in [2.24, 2.45) is 5.92 Å². The first kappa shape index (κ1) is 14.6. The van der Waals surface area contributed by atoms with E-state index in [0.29, 0.717) is 12.0 Å². The van der Waals surface area contributed by atoms with E-state index in [9.17, 15) is 0 Å². The minimum Gasteiger partial charge on any atom is -0.359 e. The van der Waals surface area contributed by atoms with E-state index in [-0.39, 0.29) is 5.54 Å². The smallest absolute Gasteiger partial charge is 0.0547 e. The van der Waals surface area contributed by atoms with Gasteiger partial charge in [-0.05, 0) is 38.8 Å². The number of nitrogens with zero attached hydrogens (tertiary/aromatic N) is 1. The van der Waals surface area contributed by atoms with Crippen molar-refractivity contribution in [2.45, 2.75) is 38.8 Å². The zero-order chi connectivity index (χ0) is 14.8. The predicted molar refractivity (Wildman–Crippen MR) is 88.3 cm³/mol. The molecule has 1 aliphatic heterocycles. The van der Waals surface area contributed by atoms with Crippen molar-refractivity contribution in [1.29, 1.82) is 0 Å². The molecule has 0 amide bonds. The van der Waals surface area contributed by atoms with Gasteiger partial charge in [-0.1, -0.05) is 55.7 Å². The molecule has 1 fully saturated rings. The van der Waals surface area contributed by atoms with E-state index in [1.165, 1.54) is 11.3 Å². The highest BCUT2D eigenvalue weighted by Gasteiger charge is 2.39. The maximum Gasteiger partial charge on any atom is 0.0547 e. The van der Waals surface area contributed by atoms with Gasteiger partial charge in [-0.25, -0.2) is 0 Å². The lowest BCUT2D eigenvalue weighted by atomic mass is 9.79. The number of allylic oxidation sites excluding steroid dienone is 7. The molecule has 1 nitrogen and oxygen atoms in total. The molecule has 2 rings (SSSR count). The first-order valence-electron chi connectivity index (χ1n) is 7.28. The monoisotopic (exact) mass is 267 g/mol. The van der Waals surface area contributed by atoms with Crippen LogP contribution in [0, 0.1) is 5.92 Å². The van der Waals surface area contributed by atoms with Gasteiger partial charge in [-0.3, -0.25) is 0 Å². The van der Waals surface area contributed by atoms with E-state index in [2.05, 4.69) is 75.3 Å². The Bertz CT molecular complexity index is 508. The van der Waals surface area contributed by atoms with E-state index >= 15 is 0 Å². The first-order chi connectivity index (χ1) is 9.49. The number of fused-ring (bicyclic) bond motifs is 1. The summed E-state index contributed by atoms with van der Waals surface area (Å²) in [5.41, 5.74) is 2.68. The summed E-state index contributed by atoms with van der Waals surface area (Å²) in [5, 5.41) is 0. The molecule has 1 aliphatic carbocycles. The number of piperidine rings is 1. The molecule has 0 aromatic carbocycles. The Morgan fingerprint density at radius 1 is 1.10 bits per heavy atom. The van der Waals surface area contributed by atoms with Crippen LogP contribution < -0.4 is 0 Å². The minimum atomic E-state index is 0.0635. The van der Waals surface area contributed by atoms with Gasteiger partial charge < -0.3 is 4.90 Å². The second-order valence-corrected chi connectivity index (χ2v) is 6.38. The van der Waals surface area contributed by atoms with Crippen LogP contribution in [0.1, 0.15) is 27.2 Å². The summed E-state index contributed by atoms with van der Waals surface area (Å²) in [7, 11) is 0. The molecule has 2 atom stereocenters. The summed E-state index contributed by atoms with van der Waals surface area (Å²) < 4.78 is 0. The largest absolute Gasteiger partial charge is 0.359 e. The van der Waals surface area contributed by atoms with Crippen LogP contribution in [-0.2, 0) is 0 Å². The Kier molecular flexibility index (Phi) is 4.17. The van der Waals surface area contributed by atoms with Crippen LogP contribution in [0.2, 0.25) is 0 Å². The van der Waals surface area contributed by atoms with Crippen molar-refractivity contribution in [1.82, 2.24) is 4.90 Å². The molecule has 2 unspecified atom stereocenters. The maximum absolute atomic E-state index is 3.88. The Balaban J connectivity index is 2.54. The van der Waals surface area contributed by atoms with Crippen molar-refractivity contribution in [3.63, 3.8) is 0 Å². The number of hydrogen-bond donors (Lipinski definition) is 0. The molecule has 0 N–H and O–H groups in total.